The number of aromatic nitrogens is 1. The molecule has 7 heteroatoms. The molecule has 1 N–H and O–H groups in total. The van der Waals surface area contributed by atoms with Crippen LogP contribution in [0, 0.1) is 5.92 Å². The number of pyridine rings is 1. The number of rotatable bonds is 4. The first-order valence-corrected chi connectivity index (χ1v) is 10.6. The molecule has 0 saturated carbocycles. The van der Waals surface area contributed by atoms with Crippen LogP contribution < -0.4 is 10.1 Å². The number of carbonyl (C=O) groups excluding carboxylic acids is 1. The van der Waals surface area contributed by atoms with Gasteiger partial charge < -0.3 is 19.9 Å². The number of urea groups is 1. The van der Waals surface area contributed by atoms with Crippen LogP contribution in [-0.2, 0) is 6.61 Å². The highest BCUT2D eigenvalue weighted by Crippen LogP contribution is 2.32. The molecule has 0 spiro atoms. The molecular formula is C22H27ClN4O2. The van der Waals surface area contributed by atoms with Crippen LogP contribution in [0.2, 0.25) is 5.02 Å². The molecule has 2 amide bonds. The van der Waals surface area contributed by atoms with Gasteiger partial charge in [0.05, 0.1) is 10.7 Å². The maximum absolute atomic E-state index is 12.9. The fourth-order valence-electron chi connectivity index (χ4n) is 4.36. The van der Waals surface area contributed by atoms with Crippen molar-refractivity contribution in [2.24, 2.45) is 5.92 Å². The Morgan fingerprint density at radius 2 is 2.17 bits per heavy atom. The molecule has 154 valence electrons. The third kappa shape index (κ3) is 4.82. The van der Waals surface area contributed by atoms with Gasteiger partial charge in [-0.2, -0.15) is 0 Å². The third-order valence-corrected chi connectivity index (χ3v) is 6.11. The van der Waals surface area contributed by atoms with Crippen molar-refractivity contribution in [2.75, 3.05) is 32.0 Å². The summed E-state index contributed by atoms with van der Waals surface area (Å²) in [4.78, 5) is 21.5. The number of nitrogens with zero attached hydrogens (tertiary/aromatic N) is 3. The van der Waals surface area contributed by atoms with Gasteiger partial charge in [-0.05, 0) is 69.1 Å². The first-order valence-electron chi connectivity index (χ1n) is 10.2. The van der Waals surface area contributed by atoms with E-state index in [4.69, 9.17) is 16.3 Å². The van der Waals surface area contributed by atoms with Crippen LogP contribution in [0.5, 0.6) is 5.75 Å². The minimum Gasteiger partial charge on any atom is -0.486 e. The van der Waals surface area contributed by atoms with Gasteiger partial charge >= 0.3 is 6.03 Å². The van der Waals surface area contributed by atoms with Crippen LogP contribution in [-0.4, -0.2) is 53.5 Å². The van der Waals surface area contributed by atoms with E-state index in [1.165, 1.54) is 6.42 Å². The van der Waals surface area contributed by atoms with Gasteiger partial charge in [-0.3, -0.25) is 4.98 Å². The predicted octanol–water partition coefficient (Wildman–Crippen LogP) is 4.26. The minimum atomic E-state index is -0.0394. The number of ether oxygens (including phenoxy) is 1. The second kappa shape index (κ2) is 9.01. The van der Waals surface area contributed by atoms with Crippen molar-refractivity contribution in [1.29, 1.82) is 0 Å². The second-order valence-electron chi connectivity index (χ2n) is 7.90. The summed E-state index contributed by atoms with van der Waals surface area (Å²) in [5.74, 6) is 1.14. The number of hydrogen-bond acceptors (Lipinski definition) is 4. The summed E-state index contributed by atoms with van der Waals surface area (Å²) in [5, 5.41) is 3.49. The van der Waals surface area contributed by atoms with E-state index in [0.717, 1.165) is 38.2 Å². The van der Waals surface area contributed by atoms with Crippen LogP contribution in [0.25, 0.3) is 0 Å². The van der Waals surface area contributed by atoms with E-state index in [2.05, 4.69) is 22.2 Å². The van der Waals surface area contributed by atoms with Gasteiger partial charge in [-0.1, -0.05) is 17.7 Å². The normalized spacial score (nSPS) is 22.1. The largest absolute Gasteiger partial charge is 0.486 e. The third-order valence-electron chi connectivity index (χ3n) is 5.82. The van der Waals surface area contributed by atoms with E-state index in [-0.39, 0.29) is 6.03 Å². The zero-order valence-electron chi connectivity index (χ0n) is 16.7. The van der Waals surface area contributed by atoms with Crippen molar-refractivity contribution in [1.82, 2.24) is 14.8 Å². The Labute approximate surface area is 176 Å². The summed E-state index contributed by atoms with van der Waals surface area (Å²) in [5.41, 5.74) is 1.51. The number of nitrogens with one attached hydrogen (secondary N) is 1. The summed E-state index contributed by atoms with van der Waals surface area (Å²) in [7, 11) is 2.16. The van der Waals surface area contributed by atoms with Crippen molar-refractivity contribution < 1.29 is 9.53 Å². The van der Waals surface area contributed by atoms with Crippen LogP contribution in [0.4, 0.5) is 10.5 Å². The van der Waals surface area contributed by atoms with Crippen LogP contribution in [0.15, 0.2) is 42.6 Å². The zero-order chi connectivity index (χ0) is 20.2. The highest BCUT2D eigenvalue weighted by molar-refractivity contribution is 6.32. The van der Waals surface area contributed by atoms with E-state index in [0.29, 0.717) is 35.0 Å². The Balaban J connectivity index is 1.37. The molecule has 0 aliphatic carbocycles. The highest BCUT2D eigenvalue weighted by atomic mass is 35.5. The van der Waals surface area contributed by atoms with Crippen molar-refractivity contribution >= 4 is 23.3 Å². The van der Waals surface area contributed by atoms with E-state index >= 15 is 0 Å². The molecule has 2 atom stereocenters. The van der Waals surface area contributed by atoms with Gasteiger partial charge in [0, 0.05) is 31.0 Å². The quantitative estimate of drug-likeness (QED) is 0.812. The van der Waals surface area contributed by atoms with E-state index in [1.54, 1.807) is 18.3 Å². The molecule has 4 rings (SSSR count). The van der Waals surface area contributed by atoms with E-state index in [1.807, 2.05) is 29.2 Å². The minimum absolute atomic E-state index is 0.0394. The molecule has 2 aliphatic rings. The van der Waals surface area contributed by atoms with Gasteiger partial charge in [0.1, 0.15) is 12.4 Å². The fourth-order valence-corrected chi connectivity index (χ4v) is 4.60. The standard InChI is InChI=1S/C22H27ClN4O2/c1-26-12-9-20-16(14-26)5-4-11-27(20)22(28)25-17-7-8-21(19(23)13-17)29-15-18-6-2-3-10-24-18/h2-3,6-8,10,13,16,20H,4-5,9,11-12,14-15H2,1H3,(H,25,28)/t16-,20-/m0/s1. The predicted molar refractivity (Wildman–Crippen MR) is 114 cm³/mol. The van der Waals surface area contributed by atoms with Gasteiger partial charge in [-0.15, -0.1) is 0 Å². The molecule has 0 unspecified atom stereocenters. The molecule has 2 fully saturated rings. The number of anilines is 1. The van der Waals surface area contributed by atoms with Crippen LogP contribution >= 0.6 is 11.6 Å². The molecular weight excluding hydrogens is 388 g/mol. The fraction of sp³-hybridized carbons (Fsp3) is 0.455. The molecule has 2 saturated heterocycles. The van der Waals surface area contributed by atoms with E-state index < -0.39 is 0 Å². The number of fused-ring (bicyclic) bond motifs is 1. The maximum Gasteiger partial charge on any atom is 0.322 e. The summed E-state index contributed by atoms with van der Waals surface area (Å²) in [6.07, 6.45) is 5.03. The average Bonchev–Trinajstić information content (AvgIpc) is 2.73. The van der Waals surface area contributed by atoms with Crippen molar-refractivity contribution in [2.45, 2.75) is 31.9 Å². The summed E-state index contributed by atoms with van der Waals surface area (Å²) < 4.78 is 5.76. The Bertz CT molecular complexity index is 848. The number of piperidine rings is 2. The van der Waals surface area contributed by atoms with Gasteiger partial charge in [-0.25, -0.2) is 4.79 Å². The number of amides is 2. The molecule has 29 heavy (non-hydrogen) atoms. The smallest absolute Gasteiger partial charge is 0.322 e. The van der Waals surface area contributed by atoms with Crippen LogP contribution in [0.3, 0.4) is 0 Å². The van der Waals surface area contributed by atoms with Gasteiger partial charge in [0.15, 0.2) is 0 Å². The number of benzene rings is 1. The lowest BCUT2D eigenvalue weighted by atomic mass is 9.84. The first-order chi connectivity index (χ1) is 14.1. The number of carbonyl (C=O) groups is 1. The van der Waals surface area contributed by atoms with Crippen molar-refractivity contribution in [3.63, 3.8) is 0 Å². The Hall–Kier alpha value is -2.31. The SMILES string of the molecule is CN1CC[C@H]2[C@@H](CCCN2C(=O)Nc2ccc(OCc3ccccn3)c(Cl)c2)C1. The van der Waals surface area contributed by atoms with Gasteiger partial charge in [0.25, 0.3) is 0 Å². The van der Waals surface area contributed by atoms with Crippen molar-refractivity contribution in [3.8, 4) is 5.75 Å². The second-order valence-corrected chi connectivity index (χ2v) is 8.31. The van der Waals surface area contributed by atoms with Gasteiger partial charge in [0.2, 0.25) is 0 Å². The monoisotopic (exact) mass is 414 g/mol. The Morgan fingerprint density at radius 3 is 2.97 bits per heavy atom. The molecule has 0 radical (unpaired) electrons. The Kier molecular flexibility index (Phi) is 6.21. The van der Waals surface area contributed by atoms with E-state index in [9.17, 15) is 4.79 Å². The highest BCUT2D eigenvalue weighted by Gasteiger charge is 2.37. The molecule has 1 aromatic carbocycles. The van der Waals surface area contributed by atoms with Crippen molar-refractivity contribution in [3.05, 3.63) is 53.3 Å². The summed E-state index contributed by atoms with van der Waals surface area (Å²) in [6.45, 7) is 3.27. The Morgan fingerprint density at radius 1 is 1.28 bits per heavy atom. The summed E-state index contributed by atoms with van der Waals surface area (Å²) in [6, 6.07) is 11.3. The van der Waals surface area contributed by atoms with Crippen LogP contribution in [0.1, 0.15) is 25.0 Å². The topological polar surface area (TPSA) is 57.7 Å². The number of hydrogen-bond donors (Lipinski definition) is 1. The zero-order valence-corrected chi connectivity index (χ0v) is 17.4. The molecule has 2 aliphatic heterocycles. The molecule has 1 aromatic heterocycles. The first kappa shape index (κ1) is 20.0. The lowest BCUT2D eigenvalue weighted by Crippen LogP contribution is -2.56. The number of likely N-dealkylation sites (tertiary alicyclic amines) is 2. The lowest BCUT2D eigenvalue weighted by molar-refractivity contribution is 0.0579. The molecule has 2 aromatic rings. The molecule has 3 heterocycles. The lowest BCUT2D eigenvalue weighted by Gasteiger charge is -2.46. The summed E-state index contributed by atoms with van der Waals surface area (Å²) >= 11 is 6.38. The molecule has 0 bridgehead atoms. The number of halogens is 1. The molecule has 6 nitrogen and oxygen atoms in total. The average molecular weight is 415 g/mol. The maximum atomic E-state index is 12.9.